The number of ether oxygens (including phenoxy) is 1. The van der Waals surface area contributed by atoms with Crippen molar-refractivity contribution in [1.29, 1.82) is 0 Å². The molecule has 0 N–H and O–H groups in total. The highest BCUT2D eigenvalue weighted by atomic mass is 32.1. The minimum atomic E-state index is -0.913. The van der Waals surface area contributed by atoms with Crippen LogP contribution in [0.2, 0.25) is 0 Å². The molecule has 0 aliphatic carbocycles. The molecule has 3 aromatic rings. The Morgan fingerprint density at radius 2 is 1.96 bits per heavy atom. The lowest BCUT2D eigenvalue weighted by molar-refractivity contribution is 0.0789. The van der Waals surface area contributed by atoms with Gasteiger partial charge in [-0.1, -0.05) is 18.2 Å². The highest BCUT2D eigenvalue weighted by molar-refractivity contribution is 7.17. The van der Waals surface area contributed by atoms with E-state index < -0.39 is 11.6 Å². The van der Waals surface area contributed by atoms with E-state index in [9.17, 15) is 13.6 Å². The van der Waals surface area contributed by atoms with Crippen molar-refractivity contribution in [3.05, 3.63) is 76.2 Å². The van der Waals surface area contributed by atoms with Crippen molar-refractivity contribution in [2.75, 3.05) is 7.05 Å². The smallest absolute Gasteiger partial charge is 0.263 e. The quantitative estimate of drug-likeness (QED) is 0.658. The Labute approximate surface area is 153 Å². The molecule has 0 atom stereocenters. The molecular formula is C20H15F2NO2S. The molecule has 3 nitrogen and oxygen atoms in total. The molecule has 1 aliphatic heterocycles. The molecular weight excluding hydrogens is 356 g/mol. The third kappa shape index (κ3) is 2.97. The third-order valence-corrected chi connectivity index (χ3v) is 5.48. The molecule has 1 aliphatic rings. The van der Waals surface area contributed by atoms with E-state index in [0.29, 0.717) is 17.0 Å². The summed E-state index contributed by atoms with van der Waals surface area (Å²) in [5, 5.41) is 0. The topological polar surface area (TPSA) is 29.5 Å². The first kappa shape index (κ1) is 16.7. The van der Waals surface area contributed by atoms with Gasteiger partial charge in [0.1, 0.15) is 12.4 Å². The zero-order valence-electron chi connectivity index (χ0n) is 14.0. The molecule has 0 fully saturated rings. The zero-order valence-corrected chi connectivity index (χ0v) is 14.8. The predicted octanol–water partition coefficient (Wildman–Crippen LogP) is 4.86. The molecule has 2 heterocycles. The second kappa shape index (κ2) is 6.53. The number of thiophene rings is 1. The number of hydrogen-bond donors (Lipinski definition) is 0. The lowest BCUT2D eigenvalue weighted by Crippen LogP contribution is -2.25. The number of benzene rings is 2. The minimum absolute atomic E-state index is 0.161. The van der Waals surface area contributed by atoms with Crippen LogP contribution in [-0.2, 0) is 13.2 Å². The van der Waals surface area contributed by atoms with Crippen LogP contribution in [0.15, 0.2) is 48.5 Å². The van der Waals surface area contributed by atoms with Crippen LogP contribution in [0.1, 0.15) is 20.8 Å². The minimum Gasteiger partial charge on any atom is -0.488 e. The average Bonchev–Trinajstić information content (AvgIpc) is 3.09. The summed E-state index contributed by atoms with van der Waals surface area (Å²) in [6.45, 7) is 0.634. The summed E-state index contributed by atoms with van der Waals surface area (Å²) >= 11 is 1.43. The van der Waals surface area contributed by atoms with Crippen LogP contribution >= 0.6 is 11.3 Å². The number of para-hydroxylation sites is 1. The van der Waals surface area contributed by atoms with E-state index in [1.165, 1.54) is 22.3 Å². The molecule has 0 saturated carbocycles. The van der Waals surface area contributed by atoms with Crippen LogP contribution in [0.4, 0.5) is 8.78 Å². The van der Waals surface area contributed by atoms with Crippen LogP contribution in [0, 0.1) is 11.6 Å². The van der Waals surface area contributed by atoms with Crippen molar-refractivity contribution in [1.82, 2.24) is 4.90 Å². The second-order valence-corrected chi connectivity index (χ2v) is 7.21. The Bertz CT molecular complexity index is 999. The van der Waals surface area contributed by atoms with Gasteiger partial charge in [0.25, 0.3) is 5.91 Å². The molecule has 4 rings (SSSR count). The van der Waals surface area contributed by atoms with Gasteiger partial charge in [-0.3, -0.25) is 4.79 Å². The molecule has 0 spiro atoms. The van der Waals surface area contributed by atoms with Gasteiger partial charge in [-0.25, -0.2) is 8.78 Å². The van der Waals surface area contributed by atoms with E-state index in [2.05, 4.69) is 0 Å². The number of rotatable bonds is 3. The Hall–Kier alpha value is -2.73. The number of nitrogens with zero attached hydrogens (tertiary/aromatic N) is 1. The summed E-state index contributed by atoms with van der Waals surface area (Å²) in [5.74, 6) is -1.15. The van der Waals surface area contributed by atoms with Crippen LogP contribution in [0.25, 0.3) is 10.4 Å². The molecule has 1 amide bonds. The van der Waals surface area contributed by atoms with Gasteiger partial charge in [0.15, 0.2) is 11.6 Å². The molecule has 6 heteroatoms. The van der Waals surface area contributed by atoms with E-state index in [1.54, 1.807) is 7.05 Å². The van der Waals surface area contributed by atoms with Crippen LogP contribution < -0.4 is 4.74 Å². The standard InChI is InChI=1S/C20H15F2NO2S/c1-23(10-12-6-7-15(21)16(22)8-12)20(24)18-9-13-11-25-17-5-3-2-4-14(17)19(13)26-18/h2-9H,10-11H2,1H3. The lowest BCUT2D eigenvalue weighted by Gasteiger charge is -2.16. The summed E-state index contributed by atoms with van der Waals surface area (Å²) in [5.41, 5.74) is 2.51. The van der Waals surface area contributed by atoms with Gasteiger partial charge in [-0.2, -0.15) is 0 Å². The number of carbonyl (C=O) groups excluding carboxylic acids is 1. The monoisotopic (exact) mass is 371 g/mol. The summed E-state index contributed by atoms with van der Waals surface area (Å²) < 4.78 is 32.1. The molecule has 0 bridgehead atoms. The number of fused-ring (bicyclic) bond motifs is 3. The summed E-state index contributed by atoms with van der Waals surface area (Å²) in [7, 11) is 1.65. The summed E-state index contributed by atoms with van der Waals surface area (Å²) in [6.07, 6.45) is 0. The Kier molecular flexibility index (Phi) is 4.20. The van der Waals surface area contributed by atoms with Gasteiger partial charge in [0, 0.05) is 29.6 Å². The van der Waals surface area contributed by atoms with E-state index >= 15 is 0 Å². The molecule has 26 heavy (non-hydrogen) atoms. The van der Waals surface area contributed by atoms with Crippen molar-refractivity contribution in [3.63, 3.8) is 0 Å². The van der Waals surface area contributed by atoms with Crippen molar-refractivity contribution in [2.45, 2.75) is 13.2 Å². The lowest BCUT2D eigenvalue weighted by atomic mass is 10.1. The highest BCUT2D eigenvalue weighted by Gasteiger charge is 2.24. The highest BCUT2D eigenvalue weighted by Crippen LogP contribution is 2.42. The number of amides is 1. The van der Waals surface area contributed by atoms with E-state index in [-0.39, 0.29) is 12.5 Å². The molecule has 132 valence electrons. The van der Waals surface area contributed by atoms with Crippen molar-refractivity contribution in [2.24, 2.45) is 0 Å². The largest absolute Gasteiger partial charge is 0.488 e. The van der Waals surface area contributed by atoms with Crippen molar-refractivity contribution < 1.29 is 18.3 Å². The van der Waals surface area contributed by atoms with Gasteiger partial charge in [0.2, 0.25) is 0 Å². The van der Waals surface area contributed by atoms with Crippen LogP contribution in [0.5, 0.6) is 5.75 Å². The van der Waals surface area contributed by atoms with Crippen LogP contribution in [0.3, 0.4) is 0 Å². The molecule has 0 saturated heterocycles. The van der Waals surface area contributed by atoms with E-state index in [4.69, 9.17) is 4.74 Å². The summed E-state index contributed by atoms with van der Waals surface area (Å²) in [6, 6.07) is 13.3. The molecule has 1 aromatic heterocycles. The SMILES string of the molecule is CN(Cc1ccc(F)c(F)c1)C(=O)c1cc2c(s1)-c1ccccc1OC2. The average molecular weight is 371 g/mol. The Balaban J connectivity index is 1.57. The fourth-order valence-corrected chi connectivity index (χ4v) is 4.17. The second-order valence-electron chi connectivity index (χ2n) is 6.16. The molecule has 0 unspecified atom stereocenters. The van der Waals surface area contributed by atoms with Gasteiger partial charge < -0.3 is 9.64 Å². The maximum absolute atomic E-state index is 13.4. The number of carbonyl (C=O) groups is 1. The predicted molar refractivity (Wildman–Crippen MR) is 96.2 cm³/mol. The molecule has 0 radical (unpaired) electrons. The molecule has 2 aromatic carbocycles. The van der Waals surface area contributed by atoms with Gasteiger partial charge in [-0.05, 0) is 35.9 Å². The fourth-order valence-electron chi connectivity index (χ4n) is 2.98. The van der Waals surface area contributed by atoms with Gasteiger partial charge >= 0.3 is 0 Å². The van der Waals surface area contributed by atoms with Gasteiger partial charge in [0.05, 0.1) is 4.88 Å². The van der Waals surface area contributed by atoms with E-state index in [0.717, 1.165) is 33.9 Å². The van der Waals surface area contributed by atoms with Crippen LogP contribution in [-0.4, -0.2) is 17.9 Å². The first-order valence-corrected chi connectivity index (χ1v) is 8.89. The van der Waals surface area contributed by atoms with Crippen molar-refractivity contribution in [3.8, 4) is 16.2 Å². The number of hydrogen-bond acceptors (Lipinski definition) is 3. The van der Waals surface area contributed by atoms with E-state index in [1.807, 2.05) is 30.3 Å². The van der Waals surface area contributed by atoms with Crippen molar-refractivity contribution >= 4 is 17.2 Å². The zero-order chi connectivity index (χ0) is 18.3. The first-order chi connectivity index (χ1) is 12.5. The normalized spacial score (nSPS) is 12.1. The maximum Gasteiger partial charge on any atom is 0.263 e. The fraction of sp³-hybridized carbons (Fsp3) is 0.150. The first-order valence-electron chi connectivity index (χ1n) is 8.07. The summed E-state index contributed by atoms with van der Waals surface area (Å²) in [4.78, 5) is 15.9. The Morgan fingerprint density at radius 3 is 2.77 bits per heavy atom. The third-order valence-electron chi connectivity index (χ3n) is 4.29. The number of halogens is 2. The maximum atomic E-state index is 13.4. The Morgan fingerprint density at radius 1 is 1.15 bits per heavy atom. The van der Waals surface area contributed by atoms with Gasteiger partial charge in [-0.15, -0.1) is 11.3 Å².